The van der Waals surface area contributed by atoms with E-state index in [1.165, 1.54) is 25.7 Å². The third-order valence-corrected chi connectivity index (χ3v) is 3.27. The highest BCUT2D eigenvalue weighted by Crippen LogP contribution is 2.23. The highest BCUT2D eigenvalue weighted by molar-refractivity contribution is 5.39. The van der Waals surface area contributed by atoms with Crippen LogP contribution in [0.5, 0.6) is 5.88 Å². The first-order chi connectivity index (χ1) is 10.3. The molecular formula is C18H33N3O. The van der Waals surface area contributed by atoms with Gasteiger partial charge in [0.05, 0.1) is 6.61 Å². The minimum absolute atomic E-state index is 0.0875. The predicted octanol–water partition coefficient (Wildman–Crippen LogP) is 4.80. The third-order valence-electron chi connectivity index (χ3n) is 3.27. The van der Waals surface area contributed by atoms with Gasteiger partial charge in [-0.1, -0.05) is 60.8 Å². The lowest BCUT2D eigenvalue weighted by Crippen LogP contribution is -2.18. The van der Waals surface area contributed by atoms with Crippen LogP contribution in [0.15, 0.2) is 6.07 Å². The molecule has 1 heterocycles. The van der Waals surface area contributed by atoms with Gasteiger partial charge in [-0.05, 0) is 12.3 Å². The second-order valence-electron chi connectivity index (χ2n) is 7.36. The normalized spacial score (nSPS) is 11.8. The van der Waals surface area contributed by atoms with E-state index in [1.54, 1.807) is 0 Å². The second-order valence-corrected chi connectivity index (χ2v) is 7.36. The maximum absolute atomic E-state index is 5.80. The summed E-state index contributed by atoms with van der Waals surface area (Å²) in [5.41, 5.74) is -0.0875. The van der Waals surface area contributed by atoms with Crippen molar-refractivity contribution in [1.82, 2.24) is 9.97 Å². The monoisotopic (exact) mass is 307 g/mol. The van der Waals surface area contributed by atoms with E-state index in [0.29, 0.717) is 18.4 Å². The molecule has 0 unspecified atom stereocenters. The quantitative estimate of drug-likeness (QED) is 0.666. The van der Waals surface area contributed by atoms with E-state index in [1.807, 2.05) is 6.07 Å². The molecule has 0 atom stereocenters. The average Bonchev–Trinajstić information content (AvgIpc) is 2.44. The van der Waals surface area contributed by atoms with Gasteiger partial charge in [0.1, 0.15) is 11.6 Å². The number of hydrogen-bond acceptors (Lipinski definition) is 4. The van der Waals surface area contributed by atoms with E-state index in [4.69, 9.17) is 4.74 Å². The molecule has 0 bridgehead atoms. The Morgan fingerprint density at radius 3 is 2.45 bits per heavy atom. The summed E-state index contributed by atoms with van der Waals surface area (Å²) >= 11 is 0. The van der Waals surface area contributed by atoms with Crippen molar-refractivity contribution < 1.29 is 4.74 Å². The molecule has 4 nitrogen and oxygen atoms in total. The molecule has 22 heavy (non-hydrogen) atoms. The fourth-order valence-corrected chi connectivity index (χ4v) is 1.95. The Kier molecular flexibility index (Phi) is 7.63. The van der Waals surface area contributed by atoms with E-state index >= 15 is 0 Å². The minimum atomic E-state index is -0.0875. The number of hydrogen-bond donors (Lipinski definition) is 1. The van der Waals surface area contributed by atoms with E-state index in [0.717, 1.165) is 18.2 Å². The lowest BCUT2D eigenvalue weighted by Gasteiger charge is -2.19. The van der Waals surface area contributed by atoms with Gasteiger partial charge in [-0.25, -0.2) is 4.98 Å². The van der Waals surface area contributed by atoms with Gasteiger partial charge in [0.15, 0.2) is 0 Å². The molecule has 1 aromatic rings. The zero-order chi connectivity index (χ0) is 16.6. The van der Waals surface area contributed by atoms with Crippen molar-refractivity contribution in [2.75, 3.05) is 18.5 Å². The predicted molar refractivity (Wildman–Crippen MR) is 93.7 cm³/mol. The van der Waals surface area contributed by atoms with Crippen LogP contribution in [0.25, 0.3) is 0 Å². The summed E-state index contributed by atoms with van der Waals surface area (Å²) < 4.78 is 5.80. The summed E-state index contributed by atoms with van der Waals surface area (Å²) in [6.07, 6.45) is 4.98. The molecule has 0 amide bonds. The van der Waals surface area contributed by atoms with Crippen molar-refractivity contribution in [3.63, 3.8) is 0 Å². The Bertz CT molecular complexity index is 438. The van der Waals surface area contributed by atoms with Crippen LogP contribution in [0.4, 0.5) is 5.82 Å². The van der Waals surface area contributed by atoms with Crippen LogP contribution in [-0.4, -0.2) is 23.1 Å². The van der Waals surface area contributed by atoms with Crippen LogP contribution in [-0.2, 0) is 5.41 Å². The summed E-state index contributed by atoms with van der Waals surface area (Å²) in [5.74, 6) is 2.85. The van der Waals surface area contributed by atoms with Gasteiger partial charge in [-0.15, -0.1) is 0 Å². The van der Waals surface area contributed by atoms with Crippen molar-refractivity contribution in [3.05, 3.63) is 11.9 Å². The topological polar surface area (TPSA) is 47.0 Å². The molecule has 1 N–H and O–H groups in total. The largest absolute Gasteiger partial charge is 0.477 e. The first-order valence-corrected chi connectivity index (χ1v) is 8.59. The van der Waals surface area contributed by atoms with E-state index in [-0.39, 0.29) is 5.41 Å². The molecule has 0 saturated heterocycles. The summed E-state index contributed by atoms with van der Waals surface area (Å²) in [4.78, 5) is 9.21. The summed E-state index contributed by atoms with van der Waals surface area (Å²) in [6.45, 7) is 14.5. The number of nitrogens with zero attached hydrogens (tertiary/aromatic N) is 2. The number of unbranched alkanes of at least 4 members (excludes halogenated alkanes) is 3. The van der Waals surface area contributed by atoms with Crippen molar-refractivity contribution in [2.24, 2.45) is 5.92 Å². The standard InChI is InChI=1S/C18H33N3O/c1-7-8-9-10-11-19-15-12-16(22-13-14(2)3)21-17(20-15)18(4,5)6/h12,14H,7-11,13H2,1-6H3,(H,19,20,21). The Morgan fingerprint density at radius 1 is 1.14 bits per heavy atom. The SMILES string of the molecule is CCCCCCNc1cc(OCC(C)C)nc(C(C)(C)C)n1. The highest BCUT2D eigenvalue weighted by atomic mass is 16.5. The molecule has 0 aliphatic carbocycles. The lowest BCUT2D eigenvalue weighted by molar-refractivity contribution is 0.259. The smallest absolute Gasteiger partial charge is 0.218 e. The first kappa shape index (κ1) is 18.7. The molecule has 4 heteroatoms. The van der Waals surface area contributed by atoms with Gasteiger partial charge in [-0.2, -0.15) is 4.98 Å². The molecule has 0 saturated carbocycles. The number of anilines is 1. The van der Waals surface area contributed by atoms with Crippen LogP contribution in [0.2, 0.25) is 0 Å². The van der Waals surface area contributed by atoms with Gasteiger partial charge >= 0.3 is 0 Å². The molecule has 1 rings (SSSR count). The van der Waals surface area contributed by atoms with Crippen LogP contribution in [0, 0.1) is 5.92 Å². The zero-order valence-electron chi connectivity index (χ0n) is 15.2. The summed E-state index contributed by atoms with van der Waals surface area (Å²) in [5, 5.41) is 3.41. The number of nitrogens with one attached hydrogen (secondary N) is 1. The Morgan fingerprint density at radius 2 is 1.86 bits per heavy atom. The highest BCUT2D eigenvalue weighted by Gasteiger charge is 2.19. The van der Waals surface area contributed by atoms with E-state index in [9.17, 15) is 0 Å². The maximum Gasteiger partial charge on any atom is 0.218 e. The second kappa shape index (κ2) is 8.96. The van der Waals surface area contributed by atoms with Crippen LogP contribution < -0.4 is 10.1 Å². The van der Waals surface area contributed by atoms with Crippen molar-refractivity contribution >= 4 is 5.82 Å². The molecule has 0 fully saturated rings. The van der Waals surface area contributed by atoms with Crippen molar-refractivity contribution in [1.29, 1.82) is 0 Å². The lowest BCUT2D eigenvalue weighted by atomic mass is 9.96. The first-order valence-electron chi connectivity index (χ1n) is 8.59. The van der Waals surface area contributed by atoms with Gasteiger partial charge in [0, 0.05) is 18.0 Å². The Balaban J connectivity index is 2.74. The number of aromatic nitrogens is 2. The van der Waals surface area contributed by atoms with Gasteiger partial charge in [-0.3, -0.25) is 0 Å². The molecule has 0 aliphatic heterocycles. The minimum Gasteiger partial charge on any atom is -0.477 e. The van der Waals surface area contributed by atoms with E-state index in [2.05, 4.69) is 56.8 Å². The molecule has 0 aromatic carbocycles. The molecule has 0 radical (unpaired) electrons. The van der Waals surface area contributed by atoms with Crippen LogP contribution in [0.3, 0.4) is 0 Å². The Labute approximate surface area is 136 Å². The van der Waals surface area contributed by atoms with Crippen LogP contribution in [0.1, 0.15) is 73.1 Å². The average molecular weight is 307 g/mol. The number of rotatable bonds is 9. The maximum atomic E-state index is 5.80. The van der Waals surface area contributed by atoms with Crippen molar-refractivity contribution in [3.8, 4) is 5.88 Å². The van der Waals surface area contributed by atoms with Gasteiger partial charge in [0.25, 0.3) is 0 Å². The molecular weight excluding hydrogens is 274 g/mol. The third kappa shape index (κ3) is 7.10. The van der Waals surface area contributed by atoms with Gasteiger partial charge in [0.2, 0.25) is 5.88 Å². The fourth-order valence-electron chi connectivity index (χ4n) is 1.95. The molecule has 1 aromatic heterocycles. The summed E-state index contributed by atoms with van der Waals surface area (Å²) in [7, 11) is 0. The van der Waals surface area contributed by atoms with E-state index < -0.39 is 0 Å². The fraction of sp³-hybridized carbons (Fsp3) is 0.778. The van der Waals surface area contributed by atoms with Gasteiger partial charge < -0.3 is 10.1 Å². The zero-order valence-corrected chi connectivity index (χ0v) is 15.2. The van der Waals surface area contributed by atoms with Crippen LogP contribution >= 0.6 is 0 Å². The molecule has 0 aliphatic rings. The van der Waals surface area contributed by atoms with Crippen molar-refractivity contribution in [2.45, 2.75) is 72.6 Å². The summed E-state index contributed by atoms with van der Waals surface area (Å²) in [6, 6.07) is 1.91. The Hall–Kier alpha value is -1.32. The molecule has 126 valence electrons. The molecule has 0 spiro atoms. The number of ether oxygens (including phenoxy) is 1.